The van der Waals surface area contributed by atoms with Crippen LogP contribution in [-0.4, -0.2) is 18.0 Å². The zero-order valence-corrected chi connectivity index (χ0v) is 15.2. The smallest absolute Gasteiger partial charge is 0.227 e. The van der Waals surface area contributed by atoms with E-state index in [-0.39, 0.29) is 11.8 Å². The highest BCUT2D eigenvalue weighted by molar-refractivity contribution is 7.14. The molecule has 0 spiro atoms. The molecule has 1 saturated carbocycles. The summed E-state index contributed by atoms with van der Waals surface area (Å²) >= 11 is 1.54. The monoisotopic (exact) mass is 365 g/mol. The molecule has 1 aromatic heterocycles. The van der Waals surface area contributed by atoms with E-state index in [9.17, 15) is 4.79 Å². The maximum absolute atomic E-state index is 11.9. The number of rotatable bonds is 6. The number of nitrogens with zero attached hydrogens (tertiary/aromatic N) is 1. The summed E-state index contributed by atoms with van der Waals surface area (Å²) in [6.07, 6.45) is 2.00. The van der Waals surface area contributed by atoms with E-state index in [1.54, 1.807) is 18.4 Å². The fourth-order valence-electron chi connectivity index (χ4n) is 2.61. The Morgan fingerprint density at radius 1 is 1.15 bits per heavy atom. The Kier molecular flexibility index (Phi) is 4.58. The number of hydrogen-bond acceptors (Lipinski definition) is 5. The number of benzene rings is 2. The number of aromatic nitrogens is 1. The molecular formula is C20H19N3O2S. The second-order valence-electron chi connectivity index (χ2n) is 6.24. The second kappa shape index (κ2) is 7.17. The van der Waals surface area contributed by atoms with Crippen molar-refractivity contribution >= 4 is 33.8 Å². The van der Waals surface area contributed by atoms with Gasteiger partial charge in [-0.05, 0) is 49.2 Å². The SMILES string of the molecule is COc1ccc(Nc2nc(-c3cccc(NC(=O)C4CC4)c3)cs2)cc1. The predicted molar refractivity (Wildman–Crippen MR) is 105 cm³/mol. The lowest BCUT2D eigenvalue weighted by molar-refractivity contribution is -0.117. The minimum Gasteiger partial charge on any atom is -0.497 e. The molecule has 2 aromatic carbocycles. The van der Waals surface area contributed by atoms with E-state index in [4.69, 9.17) is 4.74 Å². The van der Waals surface area contributed by atoms with Crippen molar-refractivity contribution in [3.63, 3.8) is 0 Å². The van der Waals surface area contributed by atoms with E-state index < -0.39 is 0 Å². The van der Waals surface area contributed by atoms with Gasteiger partial charge < -0.3 is 15.4 Å². The first-order valence-electron chi connectivity index (χ1n) is 8.49. The van der Waals surface area contributed by atoms with E-state index in [1.165, 1.54) is 0 Å². The molecule has 0 radical (unpaired) electrons. The fourth-order valence-corrected chi connectivity index (χ4v) is 3.35. The zero-order chi connectivity index (χ0) is 17.9. The number of anilines is 3. The van der Waals surface area contributed by atoms with Crippen LogP contribution in [0.15, 0.2) is 53.9 Å². The maximum atomic E-state index is 11.9. The van der Waals surface area contributed by atoms with Crippen molar-refractivity contribution < 1.29 is 9.53 Å². The number of nitrogens with one attached hydrogen (secondary N) is 2. The van der Waals surface area contributed by atoms with Crippen molar-refractivity contribution in [2.24, 2.45) is 5.92 Å². The Bertz CT molecular complexity index is 917. The van der Waals surface area contributed by atoms with Crippen LogP contribution in [-0.2, 0) is 4.79 Å². The van der Waals surface area contributed by atoms with Crippen molar-refractivity contribution in [3.8, 4) is 17.0 Å². The van der Waals surface area contributed by atoms with Gasteiger partial charge in [0.1, 0.15) is 5.75 Å². The predicted octanol–water partition coefficient (Wildman–Crippen LogP) is 4.91. The van der Waals surface area contributed by atoms with Crippen LogP contribution in [0, 0.1) is 5.92 Å². The molecule has 132 valence electrons. The second-order valence-corrected chi connectivity index (χ2v) is 7.09. The number of hydrogen-bond donors (Lipinski definition) is 2. The third kappa shape index (κ3) is 3.86. The summed E-state index contributed by atoms with van der Waals surface area (Å²) in [5.74, 6) is 1.13. The summed E-state index contributed by atoms with van der Waals surface area (Å²) in [6.45, 7) is 0. The molecule has 0 saturated heterocycles. The third-order valence-corrected chi connectivity index (χ3v) is 4.98. The molecule has 26 heavy (non-hydrogen) atoms. The first-order valence-corrected chi connectivity index (χ1v) is 9.37. The van der Waals surface area contributed by atoms with Crippen molar-refractivity contribution in [1.29, 1.82) is 0 Å². The van der Waals surface area contributed by atoms with Crippen LogP contribution in [0.2, 0.25) is 0 Å². The standard InChI is InChI=1S/C20H19N3O2S/c1-25-17-9-7-15(8-10-17)22-20-23-18(12-26-20)14-3-2-4-16(11-14)21-19(24)13-5-6-13/h2-4,7-13H,5-6H2,1H3,(H,21,24)(H,22,23). The minimum absolute atomic E-state index is 0.113. The van der Waals surface area contributed by atoms with Crippen LogP contribution in [0.1, 0.15) is 12.8 Å². The highest BCUT2D eigenvalue weighted by Crippen LogP contribution is 2.32. The summed E-state index contributed by atoms with van der Waals surface area (Å²) in [5.41, 5.74) is 3.64. The van der Waals surface area contributed by atoms with Gasteiger partial charge >= 0.3 is 0 Å². The molecule has 1 aliphatic carbocycles. The molecule has 0 atom stereocenters. The number of carbonyl (C=O) groups is 1. The maximum Gasteiger partial charge on any atom is 0.227 e. The van der Waals surface area contributed by atoms with Crippen molar-refractivity contribution in [2.75, 3.05) is 17.7 Å². The van der Waals surface area contributed by atoms with Crippen LogP contribution < -0.4 is 15.4 Å². The summed E-state index contributed by atoms with van der Waals surface area (Å²) in [4.78, 5) is 16.6. The van der Waals surface area contributed by atoms with Crippen LogP contribution in [0.4, 0.5) is 16.5 Å². The molecule has 1 heterocycles. The molecule has 4 rings (SSSR count). The van der Waals surface area contributed by atoms with Crippen LogP contribution in [0.3, 0.4) is 0 Å². The van der Waals surface area contributed by atoms with E-state index in [2.05, 4.69) is 15.6 Å². The first kappa shape index (κ1) is 16.6. The molecule has 0 unspecified atom stereocenters. The van der Waals surface area contributed by atoms with E-state index in [0.29, 0.717) is 0 Å². The highest BCUT2D eigenvalue weighted by atomic mass is 32.1. The van der Waals surface area contributed by atoms with Gasteiger partial charge in [0.05, 0.1) is 12.8 Å². The molecule has 1 fully saturated rings. The quantitative estimate of drug-likeness (QED) is 0.651. The average Bonchev–Trinajstić information content (AvgIpc) is 3.42. The number of ether oxygens (including phenoxy) is 1. The number of methoxy groups -OCH3 is 1. The number of thiazole rings is 1. The van der Waals surface area contributed by atoms with E-state index >= 15 is 0 Å². The van der Waals surface area contributed by atoms with Gasteiger partial charge in [0.2, 0.25) is 5.91 Å². The molecular weight excluding hydrogens is 346 g/mol. The van der Waals surface area contributed by atoms with Gasteiger partial charge in [-0.2, -0.15) is 0 Å². The van der Waals surface area contributed by atoms with Gasteiger partial charge in [0.25, 0.3) is 0 Å². The van der Waals surface area contributed by atoms with Gasteiger partial charge in [-0.15, -0.1) is 11.3 Å². The Hall–Kier alpha value is -2.86. The summed E-state index contributed by atoms with van der Waals surface area (Å²) in [5, 5.41) is 9.10. The van der Waals surface area contributed by atoms with Gasteiger partial charge in [0, 0.05) is 28.2 Å². The van der Waals surface area contributed by atoms with Crippen LogP contribution >= 0.6 is 11.3 Å². The lowest BCUT2D eigenvalue weighted by Crippen LogP contribution is -2.13. The van der Waals surface area contributed by atoms with Crippen LogP contribution in [0.25, 0.3) is 11.3 Å². The first-order chi connectivity index (χ1) is 12.7. The summed E-state index contributed by atoms with van der Waals surface area (Å²) in [7, 11) is 1.65. The molecule has 0 aliphatic heterocycles. The van der Waals surface area contributed by atoms with Crippen LogP contribution in [0.5, 0.6) is 5.75 Å². The summed E-state index contributed by atoms with van der Waals surface area (Å²) in [6, 6.07) is 15.5. The Balaban J connectivity index is 1.47. The van der Waals surface area contributed by atoms with E-state index in [1.807, 2.05) is 53.9 Å². The summed E-state index contributed by atoms with van der Waals surface area (Å²) < 4.78 is 5.17. The van der Waals surface area contributed by atoms with Gasteiger partial charge in [-0.25, -0.2) is 4.98 Å². The zero-order valence-electron chi connectivity index (χ0n) is 14.4. The van der Waals surface area contributed by atoms with E-state index in [0.717, 1.165) is 46.4 Å². The third-order valence-electron chi connectivity index (χ3n) is 4.22. The fraction of sp³-hybridized carbons (Fsp3) is 0.200. The number of amides is 1. The molecule has 3 aromatic rings. The lowest BCUT2D eigenvalue weighted by Gasteiger charge is -2.06. The van der Waals surface area contributed by atoms with Crippen molar-refractivity contribution in [2.45, 2.75) is 12.8 Å². The molecule has 5 nitrogen and oxygen atoms in total. The van der Waals surface area contributed by atoms with Crippen molar-refractivity contribution in [3.05, 3.63) is 53.9 Å². The Morgan fingerprint density at radius 3 is 2.69 bits per heavy atom. The normalized spacial score (nSPS) is 13.3. The molecule has 2 N–H and O–H groups in total. The lowest BCUT2D eigenvalue weighted by atomic mass is 10.1. The molecule has 6 heteroatoms. The van der Waals surface area contributed by atoms with Gasteiger partial charge in [-0.3, -0.25) is 4.79 Å². The topological polar surface area (TPSA) is 63.2 Å². The number of carbonyl (C=O) groups excluding carboxylic acids is 1. The Labute approximate surface area is 156 Å². The average molecular weight is 365 g/mol. The molecule has 0 bridgehead atoms. The highest BCUT2D eigenvalue weighted by Gasteiger charge is 2.29. The van der Waals surface area contributed by atoms with Crippen molar-refractivity contribution in [1.82, 2.24) is 4.98 Å². The Morgan fingerprint density at radius 2 is 1.96 bits per heavy atom. The van der Waals surface area contributed by atoms with Gasteiger partial charge in [-0.1, -0.05) is 12.1 Å². The molecule has 1 aliphatic rings. The largest absolute Gasteiger partial charge is 0.497 e. The van der Waals surface area contributed by atoms with Gasteiger partial charge in [0.15, 0.2) is 5.13 Å². The minimum atomic E-state index is 0.113. The molecule has 1 amide bonds.